The molecule has 4 heterocycles. The lowest BCUT2D eigenvalue weighted by Gasteiger charge is -2.18. The summed E-state index contributed by atoms with van der Waals surface area (Å²) in [5.41, 5.74) is 36.7. The first-order chi connectivity index (χ1) is 57.7. The molecular weight excluding hydrogens is 1460 g/mol. The molecule has 0 saturated heterocycles. The van der Waals surface area contributed by atoms with Gasteiger partial charge in [-0.2, -0.15) is 0 Å². The highest BCUT2D eigenvalue weighted by Crippen LogP contribution is 2.47. The topological polar surface area (TPSA) is 76.3 Å². The number of halogens is 2. The van der Waals surface area contributed by atoms with Crippen molar-refractivity contribution >= 4 is 41.3 Å². The van der Waals surface area contributed by atoms with E-state index < -0.39 is 0 Å². The molecule has 117 heavy (non-hydrogen) atoms. The lowest BCUT2D eigenvalue weighted by Crippen LogP contribution is -1.99. The molecule has 0 N–H and O–H groups in total. The molecule has 0 amide bonds. The van der Waals surface area contributed by atoms with Crippen molar-refractivity contribution in [2.45, 2.75) is 0 Å². The normalized spacial score (nSPS) is 11.5. The van der Waals surface area contributed by atoms with E-state index >= 15 is 0 Å². The van der Waals surface area contributed by atoms with Crippen molar-refractivity contribution in [2.24, 2.45) is 9.98 Å². The van der Waals surface area contributed by atoms with Crippen molar-refractivity contribution in [1.82, 2.24) is 19.9 Å². The van der Waals surface area contributed by atoms with Crippen molar-refractivity contribution in [3.05, 3.63) is 440 Å². The molecule has 14 aromatic carbocycles. The zero-order chi connectivity index (χ0) is 79.0. The fourth-order valence-corrected chi connectivity index (χ4v) is 16.2. The zero-order valence-electron chi connectivity index (χ0n) is 64.0. The highest BCUT2D eigenvalue weighted by molar-refractivity contribution is 6.31. The number of nitrogens with zero attached hydrogens (tertiary/aromatic N) is 6. The summed E-state index contributed by atoms with van der Waals surface area (Å²) < 4.78 is 0. The van der Waals surface area contributed by atoms with Gasteiger partial charge in [-0.15, -0.1) is 0 Å². The van der Waals surface area contributed by atoms with E-state index in [1.807, 2.05) is 123 Å². The highest BCUT2D eigenvalue weighted by atomic mass is 35.5. The summed E-state index contributed by atoms with van der Waals surface area (Å²) in [6.45, 7) is 4.12. The number of aromatic nitrogens is 4. The molecule has 0 fully saturated rings. The molecule has 0 saturated carbocycles. The largest absolute Gasteiger partial charge is 0.288 e. The van der Waals surface area contributed by atoms with Crippen LogP contribution < -0.4 is 0 Å². The number of hydrogen-bond donors (Lipinski definition) is 0. The highest BCUT2D eigenvalue weighted by Gasteiger charge is 2.22. The molecule has 0 atom stereocenters. The minimum absolute atomic E-state index is 0.629. The molecule has 0 radical (unpaired) electrons. The Bertz CT molecular complexity index is 6420. The van der Waals surface area contributed by atoms with Gasteiger partial charge in [-0.1, -0.05) is 302 Å². The van der Waals surface area contributed by atoms with Crippen LogP contribution in [0.25, 0.3) is 184 Å². The average Bonchev–Trinajstić information content (AvgIpc) is 0.785. The Kier molecular flexibility index (Phi) is 21.2. The van der Waals surface area contributed by atoms with Crippen molar-refractivity contribution in [3.8, 4) is 179 Å². The summed E-state index contributed by atoms with van der Waals surface area (Å²) in [5.74, 6) is 0. The van der Waals surface area contributed by atoms with Gasteiger partial charge in [-0.3, -0.25) is 29.9 Å². The molecule has 18 rings (SSSR count). The van der Waals surface area contributed by atoms with Crippen LogP contribution in [0.5, 0.6) is 0 Å². The van der Waals surface area contributed by atoms with Crippen LogP contribution in [0.15, 0.2) is 429 Å². The van der Waals surface area contributed by atoms with Gasteiger partial charge >= 0.3 is 0 Å². The van der Waals surface area contributed by atoms with Gasteiger partial charge in [0.05, 0.1) is 34.2 Å². The lowest BCUT2D eigenvalue weighted by molar-refractivity contribution is 1.33. The predicted octanol–water partition coefficient (Wildman–Crippen LogP) is 29.4. The standard InChI is InChI=1S/C109H74Cl2N6/c1-112-108(82-51-39-76(40-52-82)100-57-55-90(110)69-102(100)88-65-84(96-23-7-3-19-92(96)72-31-43-78(44-32-72)104-27-11-15-59-114-104)63-85(66-88)97-24-8-4-20-93(97)73-33-45-79(46-34-73)105-28-12-16-60-115-105)71-109(113-2)83-53-41-77(42-54-83)101-58-56-91(111)70-103(101)89-67-86(98-25-9-5-21-94(98)74-35-47-80(48-36-74)106-29-13-17-61-116-106)64-87(68-89)99-26-10-6-22-95(99)75-37-49-81(50-38-75)107-30-14-18-62-117-107/h3-71H,1H2,2H3/b108-71-,113-109?. The van der Waals surface area contributed by atoms with E-state index in [1.54, 1.807) is 0 Å². The first-order valence-corrected chi connectivity index (χ1v) is 39.7. The number of hydrogen-bond acceptors (Lipinski definition) is 6. The molecule has 4 aromatic heterocycles. The molecule has 0 bridgehead atoms. The van der Waals surface area contributed by atoms with E-state index in [9.17, 15) is 0 Å². The second-order valence-electron chi connectivity index (χ2n) is 28.8. The molecular formula is C109H74Cl2N6. The minimum Gasteiger partial charge on any atom is -0.288 e. The smallest absolute Gasteiger partial charge is 0.0716 e. The van der Waals surface area contributed by atoms with Gasteiger partial charge in [-0.05, 0) is 261 Å². The SMILES string of the molecule is C=N/C(=C\C(=NC)c1ccc(-c2ccc(Cl)cc2-c2cc(-c3ccccc3-c3ccc(-c4ccccn4)cc3)cc(-c3ccccc3-c3ccc(-c4ccccn4)cc3)c2)cc1)c1ccc(-c2ccc(Cl)cc2-c2cc(-c3ccccc3-c3ccc(-c4ccccn4)cc3)cc(-c3ccccc3-c3ccc(-c4ccccn4)cc3)c2)cc1. The van der Waals surface area contributed by atoms with Crippen LogP contribution in [0.2, 0.25) is 10.0 Å². The molecule has 0 spiro atoms. The summed E-state index contributed by atoms with van der Waals surface area (Å²) in [5, 5.41) is 1.26. The van der Waals surface area contributed by atoms with Gasteiger partial charge in [0.15, 0.2) is 0 Å². The van der Waals surface area contributed by atoms with E-state index in [4.69, 9.17) is 28.2 Å². The first-order valence-electron chi connectivity index (χ1n) is 38.9. The summed E-state index contributed by atoms with van der Waals surface area (Å²) in [7, 11) is 1.82. The Morgan fingerprint density at radius 1 is 0.231 bits per heavy atom. The number of benzene rings is 14. The van der Waals surface area contributed by atoms with Gasteiger partial charge in [0.1, 0.15) is 0 Å². The van der Waals surface area contributed by atoms with Gasteiger partial charge in [0.2, 0.25) is 0 Å². The van der Waals surface area contributed by atoms with Gasteiger partial charge in [0.25, 0.3) is 0 Å². The van der Waals surface area contributed by atoms with Crippen molar-refractivity contribution in [3.63, 3.8) is 0 Å². The van der Waals surface area contributed by atoms with E-state index in [-0.39, 0.29) is 0 Å². The maximum atomic E-state index is 7.14. The first kappa shape index (κ1) is 73.8. The Morgan fingerprint density at radius 3 is 0.701 bits per heavy atom. The Morgan fingerprint density at radius 2 is 0.453 bits per heavy atom. The van der Waals surface area contributed by atoms with Crippen molar-refractivity contribution < 1.29 is 0 Å². The second-order valence-corrected chi connectivity index (χ2v) is 29.7. The molecule has 0 aliphatic rings. The lowest BCUT2D eigenvalue weighted by atomic mass is 9.86. The molecule has 554 valence electrons. The Balaban J connectivity index is 0.676. The minimum atomic E-state index is 0.629. The maximum absolute atomic E-state index is 7.14. The third kappa shape index (κ3) is 15.8. The third-order valence-corrected chi connectivity index (χ3v) is 22.2. The molecule has 6 nitrogen and oxygen atoms in total. The molecule has 0 aliphatic heterocycles. The van der Waals surface area contributed by atoms with Crippen LogP contribution in [0, 0.1) is 0 Å². The molecule has 0 aliphatic carbocycles. The van der Waals surface area contributed by atoms with Gasteiger partial charge in [-0.25, -0.2) is 0 Å². The van der Waals surface area contributed by atoms with Crippen molar-refractivity contribution in [1.29, 1.82) is 0 Å². The van der Waals surface area contributed by atoms with E-state index in [0.29, 0.717) is 15.7 Å². The fraction of sp³-hybridized carbons (Fsp3) is 0.00917. The van der Waals surface area contributed by atoms with Gasteiger partial charge in [0, 0.05) is 69.7 Å². The van der Waals surface area contributed by atoms with Crippen LogP contribution in [0.1, 0.15) is 11.1 Å². The van der Waals surface area contributed by atoms with Crippen LogP contribution >= 0.6 is 23.2 Å². The number of rotatable bonds is 20. The Hall–Kier alpha value is -14.7. The van der Waals surface area contributed by atoms with E-state index in [1.165, 1.54) is 0 Å². The summed E-state index contributed by atoms with van der Waals surface area (Å²) in [6, 6.07) is 137. The number of aliphatic imine (C=N–C) groups is 2. The van der Waals surface area contributed by atoms with Crippen LogP contribution in [-0.2, 0) is 0 Å². The zero-order valence-corrected chi connectivity index (χ0v) is 65.5. The molecule has 0 unspecified atom stereocenters. The second kappa shape index (κ2) is 33.6. The average molecular weight is 1540 g/mol. The molecule has 8 heteroatoms. The van der Waals surface area contributed by atoms with Crippen molar-refractivity contribution in [2.75, 3.05) is 7.05 Å². The van der Waals surface area contributed by atoms with Gasteiger partial charge < -0.3 is 0 Å². The van der Waals surface area contributed by atoms with E-state index in [0.717, 1.165) is 195 Å². The fourth-order valence-electron chi connectivity index (χ4n) is 15.8. The summed E-state index contributed by atoms with van der Waals surface area (Å²) >= 11 is 14.3. The third-order valence-electron chi connectivity index (χ3n) is 21.7. The predicted molar refractivity (Wildman–Crippen MR) is 491 cm³/mol. The summed E-state index contributed by atoms with van der Waals surface area (Å²) in [4.78, 5) is 28.1. The molecule has 18 aromatic rings. The van der Waals surface area contributed by atoms with Crippen LogP contribution in [0.4, 0.5) is 0 Å². The summed E-state index contributed by atoms with van der Waals surface area (Å²) in [6.07, 6.45) is 9.35. The van der Waals surface area contributed by atoms with Crippen LogP contribution in [-0.4, -0.2) is 39.4 Å². The van der Waals surface area contributed by atoms with E-state index in [2.05, 4.69) is 335 Å². The monoisotopic (exact) mass is 1540 g/mol. The Labute approximate surface area is 692 Å². The quantitative estimate of drug-likeness (QED) is 0.0713. The maximum Gasteiger partial charge on any atom is 0.0716 e. The van der Waals surface area contributed by atoms with Crippen LogP contribution in [0.3, 0.4) is 0 Å². The number of pyridine rings is 4. The number of allylic oxidation sites excluding steroid dienone is 1.